The number of thiocarbonyl (C=S) groups is 1. The molecule has 12 heteroatoms. The van der Waals surface area contributed by atoms with Crippen molar-refractivity contribution in [3.05, 3.63) is 54.6 Å². The van der Waals surface area contributed by atoms with Crippen LogP contribution in [-0.2, 0) is 9.59 Å². The molecule has 0 radical (unpaired) electrons. The molecule has 2 rings (SSSR count). The van der Waals surface area contributed by atoms with Crippen molar-refractivity contribution in [3.8, 4) is 5.75 Å². The largest absolute Gasteiger partial charge is 0.573 e. The number of hydrogen-bond acceptors (Lipinski definition) is 5. The number of alkyl halides is 3. The third-order valence-electron chi connectivity index (χ3n) is 3.19. The Hall–Kier alpha value is -2.99. The van der Waals surface area contributed by atoms with Gasteiger partial charge < -0.3 is 15.4 Å². The monoisotopic (exact) mass is 458 g/mol. The lowest BCUT2D eigenvalue weighted by atomic mass is 10.3. The molecule has 0 aliphatic heterocycles. The lowest BCUT2D eigenvalue weighted by Gasteiger charge is -2.11. The molecule has 4 N–H and O–H groups in total. The van der Waals surface area contributed by atoms with Crippen molar-refractivity contribution in [1.29, 1.82) is 0 Å². The van der Waals surface area contributed by atoms with Crippen LogP contribution in [0.1, 0.15) is 0 Å². The molecule has 2 amide bonds. The van der Waals surface area contributed by atoms with Crippen molar-refractivity contribution < 1.29 is 27.5 Å². The van der Waals surface area contributed by atoms with Crippen LogP contribution in [0.2, 0.25) is 0 Å². The van der Waals surface area contributed by atoms with Gasteiger partial charge in [0.25, 0.3) is 0 Å². The molecule has 0 spiro atoms. The van der Waals surface area contributed by atoms with Gasteiger partial charge in [0.15, 0.2) is 5.11 Å². The van der Waals surface area contributed by atoms with Gasteiger partial charge in [-0.15, -0.1) is 24.9 Å². The second-order valence-electron chi connectivity index (χ2n) is 5.61. The summed E-state index contributed by atoms with van der Waals surface area (Å²) in [5.74, 6) is -1.22. The molecule has 0 aliphatic carbocycles. The van der Waals surface area contributed by atoms with E-state index < -0.39 is 23.9 Å². The number of amides is 2. The second kappa shape index (κ2) is 11.3. The fourth-order valence-corrected chi connectivity index (χ4v) is 2.81. The molecular weight excluding hydrogens is 441 g/mol. The number of rotatable bonds is 7. The molecule has 0 aliphatic rings. The summed E-state index contributed by atoms with van der Waals surface area (Å²) in [6, 6.07) is 13.9. The highest BCUT2D eigenvalue weighted by Crippen LogP contribution is 2.24. The number of carbonyl (C=O) groups is 2. The zero-order chi connectivity index (χ0) is 22.0. The van der Waals surface area contributed by atoms with Gasteiger partial charge in [-0.25, -0.2) is 0 Å². The van der Waals surface area contributed by atoms with Crippen LogP contribution in [-0.4, -0.2) is 34.8 Å². The predicted molar refractivity (Wildman–Crippen MR) is 113 cm³/mol. The van der Waals surface area contributed by atoms with Crippen LogP contribution >= 0.6 is 24.0 Å². The Bertz CT molecular complexity index is 865. The number of carbonyl (C=O) groups excluding carboxylic acids is 2. The number of benzene rings is 2. The first-order valence-electron chi connectivity index (χ1n) is 8.35. The summed E-state index contributed by atoms with van der Waals surface area (Å²) in [5.41, 5.74) is 6.01. The maximum Gasteiger partial charge on any atom is 0.573 e. The quantitative estimate of drug-likeness (QED) is 0.374. The van der Waals surface area contributed by atoms with Gasteiger partial charge in [0.05, 0.1) is 11.5 Å². The smallest absolute Gasteiger partial charge is 0.406 e. The van der Waals surface area contributed by atoms with Crippen LogP contribution in [0.5, 0.6) is 5.75 Å². The Morgan fingerprint density at radius 3 is 2.10 bits per heavy atom. The second-order valence-corrected chi connectivity index (χ2v) is 7.00. The Morgan fingerprint density at radius 2 is 1.47 bits per heavy atom. The molecule has 2 aromatic carbocycles. The zero-order valence-corrected chi connectivity index (χ0v) is 16.9. The first kappa shape index (κ1) is 23.3. The van der Waals surface area contributed by atoms with E-state index in [9.17, 15) is 22.8 Å². The van der Waals surface area contributed by atoms with Gasteiger partial charge in [0.2, 0.25) is 11.8 Å². The van der Waals surface area contributed by atoms with Crippen molar-refractivity contribution in [2.75, 3.05) is 22.1 Å². The normalized spacial score (nSPS) is 10.6. The van der Waals surface area contributed by atoms with Crippen molar-refractivity contribution in [2.24, 2.45) is 0 Å². The van der Waals surface area contributed by atoms with Gasteiger partial charge >= 0.3 is 6.36 Å². The minimum atomic E-state index is -4.78. The van der Waals surface area contributed by atoms with Gasteiger partial charge in [-0.2, -0.15) is 0 Å². The Balaban J connectivity index is 1.63. The highest BCUT2D eigenvalue weighted by Gasteiger charge is 2.30. The van der Waals surface area contributed by atoms with Crippen molar-refractivity contribution >= 4 is 52.3 Å². The van der Waals surface area contributed by atoms with Crippen LogP contribution in [0.4, 0.5) is 24.5 Å². The standard InChI is InChI=1S/C18H17F3N4O3S2/c19-18(20,21)28-14-8-6-13(7-9-14)22-15(26)10-30-11-16(27)24-25-17(29)23-12-4-2-1-3-5-12/h1-9H,10-11H2,(H,22,26)(H,24,27)(H2,23,25,29). The number of ether oxygens (including phenoxy) is 1. The fraction of sp³-hybridized carbons (Fsp3) is 0.167. The summed E-state index contributed by atoms with van der Waals surface area (Å²) in [5, 5.41) is 5.59. The van der Waals surface area contributed by atoms with Crippen LogP contribution in [0.15, 0.2) is 54.6 Å². The number of anilines is 2. The van der Waals surface area contributed by atoms with E-state index in [-0.39, 0.29) is 16.6 Å². The number of halogens is 3. The predicted octanol–water partition coefficient (Wildman–Crippen LogP) is 3.27. The minimum absolute atomic E-state index is 0.00721. The molecule has 7 nitrogen and oxygen atoms in total. The third kappa shape index (κ3) is 9.47. The fourth-order valence-electron chi connectivity index (χ4n) is 2.02. The average Bonchev–Trinajstić information content (AvgIpc) is 2.67. The highest BCUT2D eigenvalue weighted by atomic mass is 32.2. The first-order chi connectivity index (χ1) is 14.2. The van der Waals surface area contributed by atoms with Gasteiger partial charge in [0.1, 0.15) is 5.75 Å². The van der Waals surface area contributed by atoms with E-state index in [1.54, 1.807) is 12.1 Å². The SMILES string of the molecule is O=C(CSCC(=O)Nc1ccc(OC(F)(F)F)cc1)NNC(=S)Nc1ccccc1. The zero-order valence-electron chi connectivity index (χ0n) is 15.3. The summed E-state index contributed by atoms with van der Waals surface area (Å²) in [4.78, 5) is 23.6. The molecule has 0 heterocycles. The average molecular weight is 458 g/mol. The van der Waals surface area contributed by atoms with Crippen molar-refractivity contribution in [2.45, 2.75) is 6.36 Å². The molecular formula is C18H17F3N4O3S2. The summed E-state index contributed by atoms with van der Waals surface area (Å²) >= 11 is 6.09. The summed E-state index contributed by atoms with van der Waals surface area (Å²) in [6.45, 7) is 0. The molecule has 0 atom stereocenters. The van der Waals surface area contributed by atoms with Crippen LogP contribution < -0.4 is 26.2 Å². The molecule has 0 bridgehead atoms. The Morgan fingerprint density at radius 1 is 0.867 bits per heavy atom. The summed E-state index contributed by atoms with van der Waals surface area (Å²) < 4.78 is 40.1. The Labute approximate surface area is 179 Å². The molecule has 160 valence electrons. The van der Waals surface area contributed by atoms with Gasteiger partial charge in [-0.05, 0) is 48.6 Å². The van der Waals surface area contributed by atoms with E-state index in [0.717, 1.165) is 29.6 Å². The first-order valence-corrected chi connectivity index (χ1v) is 9.92. The van der Waals surface area contributed by atoms with E-state index in [0.29, 0.717) is 5.69 Å². The van der Waals surface area contributed by atoms with Gasteiger partial charge in [0, 0.05) is 11.4 Å². The van der Waals surface area contributed by atoms with E-state index in [4.69, 9.17) is 12.2 Å². The van der Waals surface area contributed by atoms with Gasteiger partial charge in [-0.1, -0.05) is 18.2 Å². The lowest BCUT2D eigenvalue weighted by molar-refractivity contribution is -0.274. The van der Waals surface area contributed by atoms with E-state index in [2.05, 4.69) is 26.2 Å². The Kier molecular flexibility index (Phi) is 8.74. The summed E-state index contributed by atoms with van der Waals surface area (Å²) in [6.07, 6.45) is -4.78. The molecule has 0 saturated carbocycles. The minimum Gasteiger partial charge on any atom is -0.406 e. The van der Waals surface area contributed by atoms with E-state index >= 15 is 0 Å². The van der Waals surface area contributed by atoms with Crippen LogP contribution in [0.25, 0.3) is 0 Å². The molecule has 0 saturated heterocycles. The molecule has 30 heavy (non-hydrogen) atoms. The molecule has 0 fully saturated rings. The number of hydrazine groups is 1. The van der Waals surface area contributed by atoms with Crippen LogP contribution in [0.3, 0.4) is 0 Å². The highest BCUT2D eigenvalue weighted by molar-refractivity contribution is 8.00. The topological polar surface area (TPSA) is 91.5 Å². The molecule has 2 aromatic rings. The summed E-state index contributed by atoms with van der Waals surface area (Å²) in [7, 11) is 0. The molecule has 0 unspecified atom stereocenters. The van der Waals surface area contributed by atoms with Crippen LogP contribution in [0, 0.1) is 0 Å². The van der Waals surface area contributed by atoms with Crippen molar-refractivity contribution in [3.63, 3.8) is 0 Å². The van der Waals surface area contributed by atoms with E-state index in [1.165, 1.54) is 12.1 Å². The maximum atomic E-state index is 12.1. The van der Waals surface area contributed by atoms with Gasteiger partial charge in [-0.3, -0.25) is 20.4 Å². The number of para-hydroxylation sites is 1. The lowest BCUT2D eigenvalue weighted by Crippen LogP contribution is -2.44. The van der Waals surface area contributed by atoms with E-state index in [1.807, 2.05) is 18.2 Å². The number of hydrogen-bond donors (Lipinski definition) is 4. The maximum absolute atomic E-state index is 12.1. The van der Waals surface area contributed by atoms with Crippen molar-refractivity contribution in [1.82, 2.24) is 10.9 Å². The third-order valence-corrected chi connectivity index (χ3v) is 4.32. The number of nitrogens with one attached hydrogen (secondary N) is 4. The molecule has 0 aromatic heterocycles. The number of thioether (sulfide) groups is 1.